The standard InChI is InChI=1S/C15H28N4/c1-4-14-12-18(8-6-15(14)16-5-2)10-11-19-9-7-17-13(19)3/h7,9,14-16H,4-6,8,10-12H2,1-3H3. The molecule has 0 amide bonds. The van der Waals surface area contributed by atoms with Crippen LogP contribution in [0.25, 0.3) is 0 Å². The zero-order valence-corrected chi connectivity index (χ0v) is 12.6. The van der Waals surface area contributed by atoms with Gasteiger partial charge in [0.25, 0.3) is 0 Å². The highest BCUT2D eigenvalue weighted by Crippen LogP contribution is 2.20. The Morgan fingerprint density at radius 3 is 2.84 bits per heavy atom. The average molecular weight is 264 g/mol. The summed E-state index contributed by atoms with van der Waals surface area (Å²) >= 11 is 0. The van der Waals surface area contributed by atoms with Crippen molar-refractivity contribution in [2.24, 2.45) is 5.92 Å². The summed E-state index contributed by atoms with van der Waals surface area (Å²) in [6.45, 7) is 12.4. The predicted molar refractivity (Wildman–Crippen MR) is 79.3 cm³/mol. The lowest BCUT2D eigenvalue weighted by atomic mass is 9.90. The molecule has 108 valence electrons. The Morgan fingerprint density at radius 2 is 2.21 bits per heavy atom. The molecule has 2 atom stereocenters. The zero-order valence-electron chi connectivity index (χ0n) is 12.6. The van der Waals surface area contributed by atoms with Crippen LogP contribution >= 0.6 is 0 Å². The van der Waals surface area contributed by atoms with Crippen LogP contribution in [0.15, 0.2) is 12.4 Å². The molecule has 1 aromatic rings. The van der Waals surface area contributed by atoms with Gasteiger partial charge in [-0.2, -0.15) is 0 Å². The molecule has 2 rings (SSSR count). The maximum atomic E-state index is 4.28. The molecular formula is C15H28N4. The molecule has 19 heavy (non-hydrogen) atoms. The van der Waals surface area contributed by atoms with Gasteiger partial charge in [0.15, 0.2) is 0 Å². The second-order valence-electron chi connectivity index (χ2n) is 5.59. The van der Waals surface area contributed by atoms with Crippen molar-refractivity contribution in [2.75, 3.05) is 26.2 Å². The first-order valence-corrected chi connectivity index (χ1v) is 7.68. The van der Waals surface area contributed by atoms with E-state index in [1.165, 1.54) is 25.9 Å². The first kappa shape index (κ1) is 14.5. The van der Waals surface area contributed by atoms with Gasteiger partial charge in [-0.15, -0.1) is 0 Å². The van der Waals surface area contributed by atoms with E-state index in [0.29, 0.717) is 0 Å². The van der Waals surface area contributed by atoms with Crippen LogP contribution in [-0.4, -0.2) is 46.7 Å². The number of nitrogens with zero attached hydrogens (tertiary/aromatic N) is 3. The highest BCUT2D eigenvalue weighted by Gasteiger charge is 2.26. The molecule has 0 aromatic carbocycles. The number of piperidine rings is 1. The Kier molecular flexibility index (Phi) is 5.40. The lowest BCUT2D eigenvalue weighted by molar-refractivity contribution is 0.132. The van der Waals surface area contributed by atoms with E-state index in [0.717, 1.165) is 37.4 Å². The minimum absolute atomic E-state index is 0.723. The second-order valence-corrected chi connectivity index (χ2v) is 5.59. The Morgan fingerprint density at radius 1 is 1.37 bits per heavy atom. The summed E-state index contributed by atoms with van der Waals surface area (Å²) in [5, 5.41) is 3.64. The van der Waals surface area contributed by atoms with E-state index in [2.05, 4.69) is 46.7 Å². The Labute approximate surface area is 117 Å². The fourth-order valence-electron chi connectivity index (χ4n) is 3.14. The molecule has 1 N–H and O–H groups in total. The number of rotatable bonds is 6. The van der Waals surface area contributed by atoms with Gasteiger partial charge >= 0.3 is 0 Å². The average Bonchev–Trinajstić information content (AvgIpc) is 2.83. The topological polar surface area (TPSA) is 33.1 Å². The number of aromatic nitrogens is 2. The number of imidazole rings is 1. The molecular weight excluding hydrogens is 236 g/mol. The summed E-state index contributed by atoms with van der Waals surface area (Å²) in [6, 6.07) is 0.723. The summed E-state index contributed by atoms with van der Waals surface area (Å²) in [4.78, 5) is 6.89. The quantitative estimate of drug-likeness (QED) is 0.852. The third-order valence-electron chi connectivity index (χ3n) is 4.39. The lowest BCUT2D eigenvalue weighted by Crippen LogP contribution is -2.49. The molecule has 4 heteroatoms. The molecule has 0 radical (unpaired) electrons. The van der Waals surface area contributed by atoms with E-state index in [1.807, 2.05) is 6.20 Å². The number of likely N-dealkylation sites (tertiary alicyclic amines) is 1. The first-order valence-electron chi connectivity index (χ1n) is 7.68. The van der Waals surface area contributed by atoms with E-state index in [4.69, 9.17) is 0 Å². The monoisotopic (exact) mass is 264 g/mol. The van der Waals surface area contributed by atoms with Crippen molar-refractivity contribution in [3.63, 3.8) is 0 Å². The molecule has 0 saturated carbocycles. The SMILES string of the molecule is CCNC1CCN(CCn2ccnc2C)CC1CC. The van der Waals surface area contributed by atoms with Crippen molar-refractivity contribution >= 4 is 0 Å². The smallest absolute Gasteiger partial charge is 0.105 e. The summed E-state index contributed by atoms with van der Waals surface area (Å²) in [5.74, 6) is 1.92. The largest absolute Gasteiger partial charge is 0.334 e. The number of hydrogen-bond acceptors (Lipinski definition) is 3. The third kappa shape index (κ3) is 3.80. The van der Waals surface area contributed by atoms with E-state index in [1.54, 1.807) is 0 Å². The van der Waals surface area contributed by atoms with Gasteiger partial charge in [-0.05, 0) is 32.4 Å². The molecule has 0 aliphatic carbocycles. The molecule has 0 spiro atoms. The third-order valence-corrected chi connectivity index (χ3v) is 4.39. The van der Waals surface area contributed by atoms with Crippen LogP contribution in [0.4, 0.5) is 0 Å². The van der Waals surface area contributed by atoms with E-state index in [9.17, 15) is 0 Å². The van der Waals surface area contributed by atoms with Gasteiger partial charge in [0, 0.05) is 38.1 Å². The Hall–Kier alpha value is -0.870. The van der Waals surface area contributed by atoms with Gasteiger partial charge < -0.3 is 14.8 Å². The van der Waals surface area contributed by atoms with Crippen molar-refractivity contribution in [1.29, 1.82) is 0 Å². The van der Waals surface area contributed by atoms with Crippen LogP contribution in [-0.2, 0) is 6.54 Å². The summed E-state index contributed by atoms with van der Waals surface area (Å²) < 4.78 is 2.25. The van der Waals surface area contributed by atoms with Crippen LogP contribution < -0.4 is 5.32 Å². The van der Waals surface area contributed by atoms with Crippen molar-refractivity contribution < 1.29 is 0 Å². The first-order chi connectivity index (χ1) is 9.24. The normalized spacial score (nSPS) is 24.8. The predicted octanol–water partition coefficient (Wildman–Crippen LogP) is 1.90. The fourth-order valence-corrected chi connectivity index (χ4v) is 3.14. The van der Waals surface area contributed by atoms with Crippen molar-refractivity contribution in [3.05, 3.63) is 18.2 Å². The molecule has 1 fully saturated rings. The van der Waals surface area contributed by atoms with Crippen LogP contribution in [0.3, 0.4) is 0 Å². The molecule has 2 unspecified atom stereocenters. The van der Waals surface area contributed by atoms with Gasteiger partial charge in [0.05, 0.1) is 0 Å². The van der Waals surface area contributed by atoms with Crippen LogP contribution in [0.2, 0.25) is 0 Å². The molecule has 0 bridgehead atoms. The summed E-state index contributed by atoms with van der Waals surface area (Å²) in [5.41, 5.74) is 0. The van der Waals surface area contributed by atoms with Gasteiger partial charge in [-0.25, -0.2) is 4.98 Å². The number of aryl methyl sites for hydroxylation is 1. The van der Waals surface area contributed by atoms with Gasteiger partial charge in [-0.3, -0.25) is 0 Å². The Balaban J connectivity index is 1.81. The van der Waals surface area contributed by atoms with Crippen molar-refractivity contribution in [1.82, 2.24) is 19.8 Å². The summed E-state index contributed by atoms with van der Waals surface area (Å²) in [7, 11) is 0. The highest BCUT2D eigenvalue weighted by molar-refractivity contribution is 4.89. The minimum atomic E-state index is 0.723. The number of hydrogen-bond donors (Lipinski definition) is 1. The molecule has 1 aliphatic rings. The van der Waals surface area contributed by atoms with E-state index >= 15 is 0 Å². The zero-order chi connectivity index (χ0) is 13.7. The van der Waals surface area contributed by atoms with E-state index < -0.39 is 0 Å². The highest BCUT2D eigenvalue weighted by atomic mass is 15.2. The van der Waals surface area contributed by atoms with Crippen molar-refractivity contribution in [2.45, 2.75) is 46.2 Å². The second kappa shape index (κ2) is 7.06. The van der Waals surface area contributed by atoms with Crippen LogP contribution in [0.1, 0.15) is 32.5 Å². The maximum Gasteiger partial charge on any atom is 0.105 e. The maximum absolute atomic E-state index is 4.28. The Bertz CT molecular complexity index is 374. The molecule has 2 heterocycles. The fraction of sp³-hybridized carbons (Fsp3) is 0.800. The van der Waals surface area contributed by atoms with Gasteiger partial charge in [-0.1, -0.05) is 20.3 Å². The molecule has 1 aromatic heterocycles. The lowest BCUT2D eigenvalue weighted by Gasteiger charge is -2.38. The molecule has 1 saturated heterocycles. The van der Waals surface area contributed by atoms with Gasteiger partial charge in [0.2, 0.25) is 0 Å². The van der Waals surface area contributed by atoms with Crippen molar-refractivity contribution in [3.8, 4) is 0 Å². The van der Waals surface area contributed by atoms with E-state index in [-0.39, 0.29) is 0 Å². The molecule has 1 aliphatic heterocycles. The minimum Gasteiger partial charge on any atom is -0.334 e. The summed E-state index contributed by atoms with van der Waals surface area (Å²) in [6.07, 6.45) is 6.53. The van der Waals surface area contributed by atoms with Crippen LogP contribution in [0.5, 0.6) is 0 Å². The number of nitrogens with one attached hydrogen (secondary N) is 1. The van der Waals surface area contributed by atoms with Crippen LogP contribution in [0, 0.1) is 12.8 Å². The van der Waals surface area contributed by atoms with Gasteiger partial charge in [0.1, 0.15) is 5.82 Å². The molecule has 4 nitrogen and oxygen atoms in total.